The van der Waals surface area contributed by atoms with Crippen molar-refractivity contribution in [3.05, 3.63) is 20.8 Å². The van der Waals surface area contributed by atoms with Gasteiger partial charge in [0.05, 0.1) is 0 Å². The Bertz CT molecular complexity index is 976. The molecule has 2 aromatic heterocycles. The monoisotopic (exact) mass is 390 g/mol. The van der Waals surface area contributed by atoms with Crippen LogP contribution in [0.3, 0.4) is 0 Å². The van der Waals surface area contributed by atoms with E-state index in [9.17, 15) is 14.4 Å². The fraction of sp³-hybridized carbons (Fsp3) is 0.684. The molecule has 1 aliphatic rings. The van der Waals surface area contributed by atoms with Crippen LogP contribution in [-0.4, -0.2) is 37.7 Å². The van der Waals surface area contributed by atoms with Crippen LogP contribution in [-0.2, 0) is 24.9 Å². The zero-order valence-electron chi connectivity index (χ0n) is 17.0. The quantitative estimate of drug-likeness (QED) is 0.785. The summed E-state index contributed by atoms with van der Waals surface area (Å²) in [5, 5.41) is 0. The first kappa shape index (κ1) is 20.2. The van der Waals surface area contributed by atoms with Crippen LogP contribution in [0, 0.1) is 5.92 Å². The maximum absolute atomic E-state index is 13.1. The summed E-state index contributed by atoms with van der Waals surface area (Å²) in [4.78, 5) is 44.1. The van der Waals surface area contributed by atoms with Crippen molar-refractivity contribution in [3.8, 4) is 0 Å². The highest BCUT2D eigenvalue weighted by Crippen LogP contribution is 2.24. The first-order valence-corrected chi connectivity index (χ1v) is 10.0. The van der Waals surface area contributed by atoms with Crippen LogP contribution in [0.5, 0.6) is 0 Å². The molecule has 9 heteroatoms. The number of hydrogen-bond donors (Lipinski definition) is 1. The van der Waals surface area contributed by atoms with Crippen LogP contribution < -0.4 is 21.9 Å². The van der Waals surface area contributed by atoms with Gasteiger partial charge in [-0.05, 0) is 25.2 Å². The topological polar surface area (TPSA) is 108 Å². The lowest BCUT2D eigenvalue weighted by Crippen LogP contribution is -2.42. The number of nitrogens with zero attached hydrogens (tertiary/aromatic N) is 5. The zero-order valence-corrected chi connectivity index (χ0v) is 17.0. The lowest BCUT2D eigenvalue weighted by Gasteiger charge is -2.23. The Kier molecular flexibility index (Phi) is 5.90. The highest BCUT2D eigenvalue weighted by atomic mass is 16.2. The highest BCUT2D eigenvalue weighted by molar-refractivity contribution is 5.76. The Balaban J connectivity index is 2.25. The average Bonchev–Trinajstić information content (AvgIpc) is 2.81. The smallest absolute Gasteiger partial charge is 0.332 e. The molecule has 0 atom stereocenters. The molecule has 0 unspecified atom stereocenters. The molecule has 154 valence electrons. The third-order valence-electron chi connectivity index (χ3n) is 5.35. The van der Waals surface area contributed by atoms with E-state index in [1.54, 1.807) is 7.05 Å². The van der Waals surface area contributed by atoms with Crippen LogP contribution in [0.4, 0.5) is 5.95 Å². The fourth-order valence-corrected chi connectivity index (χ4v) is 3.77. The number of fused-ring (bicyclic) bond motifs is 1. The highest BCUT2D eigenvalue weighted by Gasteiger charge is 2.24. The normalized spacial score (nSPS) is 15.4. The van der Waals surface area contributed by atoms with Crippen molar-refractivity contribution in [2.75, 3.05) is 18.0 Å². The molecule has 0 bridgehead atoms. The van der Waals surface area contributed by atoms with E-state index >= 15 is 0 Å². The fourth-order valence-electron chi connectivity index (χ4n) is 3.77. The van der Waals surface area contributed by atoms with Gasteiger partial charge in [-0.25, -0.2) is 9.36 Å². The van der Waals surface area contributed by atoms with Gasteiger partial charge in [0.2, 0.25) is 11.9 Å². The number of nitrogens with two attached hydrogens (primary N) is 1. The Labute approximate surface area is 163 Å². The second-order valence-electron chi connectivity index (χ2n) is 8.02. The van der Waals surface area contributed by atoms with E-state index in [4.69, 9.17) is 10.7 Å². The van der Waals surface area contributed by atoms with E-state index in [2.05, 4.69) is 18.7 Å². The Hall–Kier alpha value is -2.58. The molecular weight excluding hydrogens is 360 g/mol. The molecule has 0 spiro atoms. The van der Waals surface area contributed by atoms with E-state index in [0.29, 0.717) is 23.6 Å². The summed E-state index contributed by atoms with van der Waals surface area (Å²) in [5.74, 6) is 0.468. The minimum atomic E-state index is -0.723. The van der Waals surface area contributed by atoms with Crippen molar-refractivity contribution in [2.45, 2.75) is 59.0 Å². The van der Waals surface area contributed by atoms with Gasteiger partial charge in [-0.15, -0.1) is 0 Å². The lowest BCUT2D eigenvalue weighted by atomic mass is 10.1. The first-order chi connectivity index (χ1) is 13.3. The molecule has 1 amide bonds. The molecule has 1 aliphatic heterocycles. The van der Waals surface area contributed by atoms with Crippen LogP contribution in [0.15, 0.2) is 9.59 Å². The van der Waals surface area contributed by atoms with Crippen molar-refractivity contribution >= 4 is 23.0 Å². The maximum atomic E-state index is 13.1. The minimum absolute atomic E-state index is 0.360. The van der Waals surface area contributed by atoms with E-state index < -0.39 is 23.7 Å². The van der Waals surface area contributed by atoms with Gasteiger partial charge in [0.15, 0.2) is 11.2 Å². The molecule has 3 rings (SSSR count). The Morgan fingerprint density at radius 2 is 1.75 bits per heavy atom. The van der Waals surface area contributed by atoms with Gasteiger partial charge in [0.1, 0.15) is 6.54 Å². The number of carbonyl (C=O) groups is 1. The van der Waals surface area contributed by atoms with E-state index in [-0.39, 0.29) is 0 Å². The standard InChI is InChI=1S/C19H30N6O3/c1-13(2)8-11-24-15-16(21-18(24)23-9-6-4-5-7-10-23)22(3)19(28)25(17(15)27)12-14(20)26/h13H,4-12H2,1-3H3,(H2,20,26). The van der Waals surface area contributed by atoms with E-state index in [0.717, 1.165) is 42.9 Å². The third kappa shape index (κ3) is 3.83. The maximum Gasteiger partial charge on any atom is 0.332 e. The Morgan fingerprint density at radius 1 is 1.11 bits per heavy atom. The molecule has 2 N–H and O–H groups in total. The van der Waals surface area contributed by atoms with Gasteiger partial charge in [0.25, 0.3) is 5.56 Å². The molecule has 2 aromatic rings. The first-order valence-electron chi connectivity index (χ1n) is 10.0. The molecular formula is C19H30N6O3. The van der Waals surface area contributed by atoms with Gasteiger partial charge in [0, 0.05) is 26.7 Å². The summed E-state index contributed by atoms with van der Waals surface area (Å²) < 4.78 is 4.18. The number of aryl methyl sites for hydroxylation is 2. The number of anilines is 1. The van der Waals surface area contributed by atoms with Gasteiger partial charge < -0.3 is 15.2 Å². The molecule has 1 saturated heterocycles. The van der Waals surface area contributed by atoms with Crippen molar-refractivity contribution < 1.29 is 4.79 Å². The number of primary amides is 1. The van der Waals surface area contributed by atoms with E-state index in [1.165, 1.54) is 17.4 Å². The summed E-state index contributed by atoms with van der Waals surface area (Å²) in [7, 11) is 1.58. The molecule has 0 aromatic carbocycles. The van der Waals surface area contributed by atoms with E-state index in [1.807, 2.05) is 4.57 Å². The number of aromatic nitrogens is 4. The SMILES string of the molecule is CC(C)CCn1c(N2CCCCCC2)nc2c1c(=O)n(CC(N)=O)c(=O)n2C. The molecule has 0 aliphatic carbocycles. The second kappa shape index (κ2) is 8.20. The summed E-state index contributed by atoms with van der Waals surface area (Å²) in [6.45, 7) is 6.22. The molecule has 0 radical (unpaired) electrons. The van der Waals surface area contributed by atoms with Gasteiger partial charge in [-0.2, -0.15) is 4.98 Å². The summed E-state index contributed by atoms with van der Waals surface area (Å²) in [6, 6.07) is 0. The van der Waals surface area contributed by atoms with Crippen molar-refractivity contribution in [3.63, 3.8) is 0 Å². The molecule has 3 heterocycles. The molecule has 0 saturated carbocycles. The second-order valence-corrected chi connectivity index (χ2v) is 8.02. The summed E-state index contributed by atoms with van der Waals surface area (Å²) in [5.41, 5.74) is 4.90. The van der Waals surface area contributed by atoms with Gasteiger partial charge in [-0.3, -0.25) is 14.2 Å². The lowest BCUT2D eigenvalue weighted by molar-refractivity contribution is -0.118. The van der Waals surface area contributed by atoms with Crippen molar-refractivity contribution in [2.24, 2.45) is 18.7 Å². The van der Waals surface area contributed by atoms with Gasteiger partial charge >= 0.3 is 5.69 Å². The van der Waals surface area contributed by atoms with Gasteiger partial charge in [-0.1, -0.05) is 26.7 Å². The molecule has 1 fully saturated rings. The van der Waals surface area contributed by atoms with Crippen LogP contribution in [0.1, 0.15) is 46.0 Å². The number of hydrogen-bond acceptors (Lipinski definition) is 5. The molecule has 28 heavy (non-hydrogen) atoms. The predicted molar refractivity (Wildman–Crippen MR) is 109 cm³/mol. The summed E-state index contributed by atoms with van der Waals surface area (Å²) in [6.07, 6.45) is 5.42. The zero-order chi connectivity index (χ0) is 20.4. The number of rotatable bonds is 6. The molecule has 9 nitrogen and oxygen atoms in total. The minimum Gasteiger partial charge on any atom is -0.368 e. The largest absolute Gasteiger partial charge is 0.368 e. The van der Waals surface area contributed by atoms with Crippen LogP contribution in [0.2, 0.25) is 0 Å². The van der Waals surface area contributed by atoms with Crippen molar-refractivity contribution in [1.82, 2.24) is 18.7 Å². The summed E-state index contributed by atoms with van der Waals surface area (Å²) >= 11 is 0. The number of carbonyl (C=O) groups excluding carboxylic acids is 1. The third-order valence-corrected chi connectivity index (χ3v) is 5.35. The van der Waals surface area contributed by atoms with Crippen LogP contribution >= 0.6 is 0 Å². The predicted octanol–water partition coefficient (Wildman–Crippen LogP) is 0.809. The number of amides is 1. The van der Waals surface area contributed by atoms with Crippen molar-refractivity contribution in [1.29, 1.82) is 0 Å². The average molecular weight is 390 g/mol. The number of imidazole rings is 1. The van der Waals surface area contributed by atoms with Crippen LogP contribution in [0.25, 0.3) is 11.2 Å². The Morgan fingerprint density at radius 3 is 2.32 bits per heavy atom.